The van der Waals surface area contributed by atoms with Crippen LogP contribution in [0.4, 0.5) is 5.95 Å². The largest absolute Gasteiger partial charge is 0.493 e. The first-order chi connectivity index (χ1) is 17.3. The van der Waals surface area contributed by atoms with Crippen LogP contribution in [0, 0.1) is 0 Å². The fourth-order valence-corrected chi connectivity index (χ4v) is 5.39. The molecule has 4 rings (SSSR count). The van der Waals surface area contributed by atoms with Crippen LogP contribution in [0.1, 0.15) is 44.2 Å². The number of aromatic nitrogens is 2. The molecule has 0 saturated heterocycles. The number of ether oxygens (including phenoxy) is 3. The molecule has 0 aliphatic heterocycles. The monoisotopic (exact) mass is 509 g/mol. The molecule has 7 nitrogen and oxygen atoms in total. The zero-order valence-electron chi connectivity index (χ0n) is 22.3. The van der Waals surface area contributed by atoms with Crippen molar-refractivity contribution >= 4 is 31.0 Å². The van der Waals surface area contributed by atoms with Crippen LogP contribution in [0.25, 0.3) is 11.0 Å². The number of hydrogen-bond donors (Lipinski definition) is 0. The molecule has 1 aliphatic carbocycles. The van der Waals surface area contributed by atoms with Crippen molar-refractivity contribution in [2.75, 3.05) is 25.3 Å². The predicted molar refractivity (Wildman–Crippen MR) is 147 cm³/mol. The topological polar surface area (TPSA) is 65.8 Å². The second kappa shape index (κ2) is 11.5. The van der Waals surface area contributed by atoms with E-state index in [0.29, 0.717) is 30.7 Å². The van der Waals surface area contributed by atoms with Crippen LogP contribution in [0.5, 0.6) is 11.5 Å². The first kappa shape index (κ1) is 26.2. The number of nitrogens with zero attached hydrogens (tertiary/aromatic N) is 3. The van der Waals surface area contributed by atoms with Gasteiger partial charge in [-0.3, -0.25) is 9.69 Å². The van der Waals surface area contributed by atoms with Crippen LogP contribution < -0.4 is 14.4 Å². The maximum Gasteiger partial charge on any atom is 0.228 e. The molecular formula is C28H39N3O4Si. The van der Waals surface area contributed by atoms with Gasteiger partial charge in [0.15, 0.2) is 11.5 Å². The number of carbonyl (C=O) groups excluding carboxylic acids is 1. The number of anilines is 1. The zero-order chi connectivity index (χ0) is 25.7. The number of benzene rings is 2. The van der Waals surface area contributed by atoms with E-state index < -0.39 is 8.07 Å². The zero-order valence-corrected chi connectivity index (χ0v) is 23.3. The van der Waals surface area contributed by atoms with E-state index in [1.807, 2.05) is 42.5 Å². The number of hydrogen-bond acceptors (Lipinski definition) is 5. The molecule has 0 radical (unpaired) electrons. The number of fused-ring (bicyclic) bond motifs is 1. The average molecular weight is 510 g/mol. The van der Waals surface area contributed by atoms with E-state index in [-0.39, 0.29) is 18.7 Å². The second-order valence-electron chi connectivity index (χ2n) is 10.8. The van der Waals surface area contributed by atoms with Crippen LogP contribution in [0.15, 0.2) is 42.5 Å². The summed E-state index contributed by atoms with van der Waals surface area (Å²) in [7, 11) is 0.434. The lowest BCUT2D eigenvalue weighted by molar-refractivity contribution is -0.117. The van der Waals surface area contributed by atoms with Gasteiger partial charge in [0.25, 0.3) is 0 Å². The van der Waals surface area contributed by atoms with Crippen molar-refractivity contribution in [3.63, 3.8) is 0 Å². The molecule has 1 aromatic heterocycles. The van der Waals surface area contributed by atoms with E-state index in [2.05, 4.69) is 24.2 Å². The quantitative estimate of drug-likeness (QED) is 0.170. The van der Waals surface area contributed by atoms with Gasteiger partial charge in [-0.05, 0) is 24.4 Å². The van der Waals surface area contributed by atoms with Crippen molar-refractivity contribution in [1.29, 1.82) is 0 Å². The third-order valence-electron chi connectivity index (χ3n) is 6.72. The molecule has 8 heteroatoms. The third-order valence-corrected chi connectivity index (χ3v) is 8.43. The van der Waals surface area contributed by atoms with Gasteiger partial charge in [0.05, 0.1) is 18.1 Å². The van der Waals surface area contributed by atoms with Gasteiger partial charge in [-0.1, -0.05) is 62.8 Å². The second-order valence-corrected chi connectivity index (χ2v) is 16.4. The summed E-state index contributed by atoms with van der Waals surface area (Å²) in [5.74, 6) is 1.85. The van der Waals surface area contributed by atoms with Crippen LogP contribution in [-0.2, 0) is 16.1 Å². The van der Waals surface area contributed by atoms with Gasteiger partial charge in [-0.2, -0.15) is 0 Å². The maximum atomic E-state index is 12.8. The highest BCUT2D eigenvalue weighted by molar-refractivity contribution is 6.76. The maximum absolute atomic E-state index is 12.8. The number of amides is 1. The Hall–Kier alpha value is -2.84. The number of rotatable bonds is 11. The molecule has 0 unspecified atom stereocenters. The van der Waals surface area contributed by atoms with Crippen LogP contribution in [0.3, 0.4) is 0 Å². The summed E-state index contributed by atoms with van der Waals surface area (Å²) < 4.78 is 20.1. The van der Waals surface area contributed by atoms with Crippen molar-refractivity contribution in [2.45, 2.75) is 70.9 Å². The number of methoxy groups -OCH3 is 1. The van der Waals surface area contributed by atoms with E-state index in [1.165, 1.54) is 12.8 Å². The molecule has 0 bridgehead atoms. The molecule has 1 amide bonds. The molecule has 3 aromatic rings. The molecule has 1 heterocycles. The minimum atomic E-state index is -1.22. The molecule has 1 fully saturated rings. The van der Waals surface area contributed by atoms with Crippen molar-refractivity contribution in [2.24, 2.45) is 0 Å². The van der Waals surface area contributed by atoms with Gasteiger partial charge in [-0.25, -0.2) is 4.98 Å². The Kier molecular flexibility index (Phi) is 8.36. The molecule has 2 aromatic carbocycles. The van der Waals surface area contributed by atoms with E-state index in [0.717, 1.165) is 35.5 Å². The lowest BCUT2D eigenvalue weighted by Gasteiger charge is -2.25. The fraction of sp³-hybridized carbons (Fsp3) is 0.500. The first-order valence-corrected chi connectivity index (χ1v) is 16.6. The average Bonchev–Trinajstić information content (AvgIpc) is 3.49. The van der Waals surface area contributed by atoms with Gasteiger partial charge in [0.1, 0.15) is 13.3 Å². The summed E-state index contributed by atoms with van der Waals surface area (Å²) in [6, 6.07) is 15.3. The Morgan fingerprint density at radius 1 is 1.11 bits per heavy atom. The smallest absolute Gasteiger partial charge is 0.228 e. The molecule has 1 aliphatic rings. The Morgan fingerprint density at radius 3 is 2.47 bits per heavy atom. The highest BCUT2D eigenvalue weighted by atomic mass is 28.3. The van der Waals surface area contributed by atoms with Crippen molar-refractivity contribution in [3.05, 3.63) is 48.0 Å². The van der Waals surface area contributed by atoms with Crippen molar-refractivity contribution in [3.8, 4) is 11.5 Å². The molecule has 0 atom stereocenters. The fourth-order valence-electron chi connectivity index (χ4n) is 4.63. The molecule has 194 valence electrons. The normalized spacial score (nSPS) is 14.4. The summed E-state index contributed by atoms with van der Waals surface area (Å²) >= 11 is 0. The van der Waals surface area contributed by atoms with Crippen LogP contribution >= 0.6 is 0 Å². The molecule has 1 saturated carbocycles. The highest BCUT2D eigenvalue weighted by Crippen LogP contribution is 2.40. The van der Waals surface area contributed by atoms with Gasteiger partial charge >= 0.3 is 0 Å². The first-order valence-electron chi connectivity index (χ1n) is 12.9. The summed E-state index contributed by atoms with van der Waals surface area (Å²) in [5, 5.41) is 0. The Balaban J connectivity index is 1.68. The Bertz CT molecular complexity index is 1170. The van der Waals surface area contributed by atoms with E-state index in [9.17, 15) is 4.79 Å². The van der Waals surface area contributed by atoms with Gasteiger partial charge in [0, 0.05) is 39.8 Å². The summed E-state index contributed by atoms with van der Waals surface area (Å²) in [5.41, 5.74) is 2.82. The lowest BCUT2D eigenvalue weighted by atomic mass is 10.2. The highest BCUT2D eigenvalue weighted by Gasteiger charge is 2.28. The minimum absolute atomic E-state index is 0.0786. The predicted octanol–water partition coefficient (Wildman–Crippen LogP) is 6.40. The molecule has 0 spiro atoms. The third kappa shape index (κ3) is 6.28. The molecular weight excluding hydrogens is 470 g/mol. The summed E-state index contributed by atoms with van der Waals surface area (Å²) in [6.45, 7) is 9.83. The SMILES string of the molecule is COc1cc2c(cc1OCc1ccccc1)nc(N(COCC[Si](C)(C)C)C(C)=O)n2C1CCCC1. The number of imidazole rings is 1. The van der Waals surface area contributed by atoms with Crippen molar-refractivity contribution in [1.82, 2.24) is 9.55 Å². The Labute approximate surface area is 215 Å². The minimum Gasteiger partial charge on any atom is -0.493 e. The Morgan fingerprint density at radius 2 is 1.83 bits per heavy atom. The molecule has 36 heavy (non-hydrogen) atoms. The van der Waals surface area contributed by atoms with Gasteiger partial charge in [0.2, 0.25) is 11.9 Å². The van der Waals surface area contributed by atoms with E-state index in [4.69, 9.17) is 19.2 Å². The lowest BCUT2D eigenvalue weighted by Crippen LogP contribution is -2.34. The van der Waals surface area contributed by atoms with Crippen LogP contribution in [-0.4, -0.2) is 44.0 Å². The van der Waals surface area contributed by atoms with E-state index in [1.54, 1.807) is 18.9 Å². The number of carbonyl (C=O) groups is 1. The van der Waals surface area contributed by atoms with Gasteiger partial charge < -0.3 is 18.8 Å². The summed E-state index contributed by atoms with van der Waals surface area (Å²) in [4.78, 5) is 19.4. The molecule has 0 N–H and O–H groups in total. The van der Waals surface area contributed by atoms with Gasteiger partial charge in [-0.15, -0.1) is 0 Å². The van der Waals surface area contributed by atoms with Crippen LogP contribution in [0.2, 0.25) is 25.7 Å². The van der Waals surface area contributed by atoms with Crippen molar-refractivity contribution < 1.29 is 19.0 Å². The van der Waals surface area contributed by atoms with E-state index >= 15 is 0 Å². The summed E-state index contributed by atoms with van der Waals surface area (Å²) in [6.07, 6.45) is 4.47. The standard InChI is InChI=1S/C28H39N3O4Si/c1-21(32)30(20-34-15-16-36(3,4)5)28-29-24-17-27(35-19-22-11-7-6-8-12-22)26(33-2)18-25(24)31(28)23-13-9-10-14-23/h6-8,11-12,17-18,23H,9-10,13-16,19-20H2,1-5H3.